The molecule has 1 amide bonds. The molecule has 0 saturated carbocycles. The first kappa shape index (κ1) is 18.3. The van der Waals surface area contributed by atoms with E-state index in [0.29, 0.717) is 0 Å². The topological polar surface area (TPSA) is 165 Å². The number of non-ortho nitro benzene ring substituents is 1. The van der Waals surface area contributed by atoms with Crippen LogP contribution >= 0.6 is 0 Å². The Balaban J connectivity index is 1.91. The molecule has 2 aliphatic heterocycles. The van der Waals surface area contributed by atoms with Crippen molar-refractivity contribution in [1.29, 1.82) is 5.26 Å². The number of fused-ring (bicyclic) bond motifs is 4. The fraction of sp³-hybridized carbons (Fsp3) is 0.0476. The zero-order valence-corrected chi connectivity index (χ0v) is 15.5. The number of nitrogens with zero attached hydrogens (tertiary/aromatic N) is 2. The lowest BCUT2D eigenvalue weighted by Gasteiger charge is -2.36. The number of benzene rings is 2. The molecule has 3 N–H and O–H groups in total. The monoisotopic (exact) mass is 414 g/mol. The number of allylic oxidation sites excluding steroid dienone is 1. The molecule has 3 aliphatic rings. The number of carbonyl (C=O) groups is 3. The number of nitro benzene ring substituents is 1. The number of anilines is 1. The van der Waals surface area contributed by atoms with Crippen molar-refractivity contribution in [3.63, 3.8) is 0 Å². The van der Waals surface area contributed by atoms with E-state index in [0.717, 1.165) is 6.07 Å². The average Bonchev–Trinajstić information content (AvgIpc) is 3.03. The lowest BCUT2D eigenvalue weighted by molar-refractivity contribution is -0.384. The molecule has 5 rings (SSSR count). The predicted molar refractivity (Wildman–Crippen MR) is 103 cm³/mol. The van der Waals surface area contributed by atoms with Crippen LogP contribution in [0.2, 0.25) is 0 Å². The molecule has 31 heavy (non-hydrogen) atoms. The number of Topliss-reactive ketones (excluding diaryl/α,β-unsaturated/α-hetero) is 2. The maximum Gasteiger partial charge on any atom is 0.269 e. The van der Waals surface area contributed by atoms with Gasteiger partial charge in [0.1, 0.15) is 17.1 Å². The van der Waals surface area contributed by atoms with Crippen molar-refractivity contribution in [2.75, 3.05) is 5.32 Å². The number of amides is 1. The van der Waals surface area contributed by atoms with E-state index >= 15 is 0 Å². The van der Waals surface area contributed by atoms with Crippen LogP contribution in [0.5, 0.6) is 0 Å². The first-order valence-electron chi connectivity index (χ1n) is 8.94. The maximum atomic E-state index is 13.5. The van der Waals surface area contributed by atoms with Crippen LogP contribution in [0.1, 0.15) is 26.3 Å². The first-order valence-corrected chi connectivity index (χ1v) is 8.94. The van der Waals surface area contributed by atoms with Gasteiger partial charge in [-0.2, -0.15) is 5.26 Å². The molecule has 150 valence electrons. The molecule has 0 saturated heterocycles. The number of nitrogens with one attached hydrogen (secondary N) is 1. The Kier molecular flexibility index (Phi) is 3.46. The number of rotatable bonds is 1. The number of ketones is 2. The largest absolute Gasteiger partial charge is 0.436 e. The number of nitrogens with two attached hydrogens (primary N) is 1. The lowest BCUT2D eigenvalue weighted by atomic mass is 9.64. The third-order valence-corrected chi connectivity index (χ3v) is 5.60. The zero-order valence-electron chi connectivity index (χ0n) is 15.5. The van der Waals surface area contributed by atoms with Crippen LogP contribution in [-0.4, -0.2) is 22.4 Å². The molecule has 10 heteroatoms. The Hall–Kier alpha value is -4.78. The lowest BCUT2D eigenvalue weighted by Crippen LogP contribution is -2.48. The molecule has 1 unspecified atom stereocenters. The summed E-state index contributed by atoms with van der Waals surface area (Å²) in [4.78, 5) is 50.7. The van der Waals surface area contributed by atoms with Gasteiger partial charge >= 0.3 is 0 Å². The average molecular weight is 414 g/mol. The second kappa shape index (κ2) is 5.87. The molecule has 0 aromatic heterocycles. The van der Waals surface area contributed by atoms with Gasteiger partial charge in [0.25, 0.3) is 5.69 Å². The van der Waals surface area contributed by atoms with Crippen molar-refractivity contribution in [3.8, 4) is 6.07 Å². The van der Waals surface area contributed by atoms with E-state index in [4.69, 9.17) is 10.5 Å². The van der Waals surface area contributed by atoms with Gasteiger partial charge in [0, 0.05) is 34.5 Å². The third-order valence-electron chi connectivity index (χ3n) is 5.60. The van der Waals surface area contributed by atoms with E-state index < -0.39 is 50.6 Å². The normalized spacial score (nSPS) is 21.2. The van der Waals surface area contributed by atoms with Gasteiger partial charge in [-0.05, 0) is 6.07 Å². The highest BCUT2D eigenvalue weighted by atomic mass is 16.6. The summed E-state index contributed by atoms with van der Waals surface area (Å²) in [5.41, 5.74) is 2.80. The molecular formula is C21H10N4O6. The van der Waals surface area contributed by atoms with E-state index in [2.05, 4.69) is 5.32 Å². The van der Waals surface area contributed by atoms with Crippen LogP contribution in [0, 0.1) is 21.4 Å². The quantitative estimate of drug-likeness (QED) is 0.527. The smallest absolute Gasteiger partial charge is 0.269 e. The van der Waals surface area contributed by atoms with E-state index in [-0.39, 0.29) is 28.1 Å². The van der Waals surface area contributed by atoms with Gasteiger partial charge in [0.2, 0.25) is 17.6 Å². The summed E-state index contributed by atoms with van der Waals surface area (Å²) in [7, 11) is 0. The molecule has 1 atom stereocenters. The molecular weight excluding hydrogens is 404 g/mol. The van der Waals surface area contributed by atoms with E-state index in [1.807, 2.05) is 0 Å². The Labute approximate surface area is 173 Å². The zero-order chi connectivity index (χ0) is 22.1. The second-order valence-electron chi connectivity index (χ2n) is 7.05. The maximum absolute atomic E-state index is 13.5. The number of hydrogen-bond donors (Lipinski definition) is 2. The molecule has 1 aliphatic carbocycles. The van der Waals surface area contributed by atoms with Crippen molar-refractivity contribution in [3.05, 3.63) is 92.1 Å². The molecule has 1 spiro atoms. The Morgan fingerprint density at radius 2 is 1.77 bits per heavy atom. The van der Waals surface area contributed by atoms with Crippen LogP contribution in [0.15, 0.2) is 65.3 Å². The molecule has 2 heterocycles. The SMILES string of the molecule is N#CC1=C(N)OC2=C(C(=O)c3ccccc3C2=O)C12C(=O)Nc1ccc([N+](=O)[O-])cc12. The van der Waals surface area contributed by atoms with Crippen molar-refractivity contribution >= 4 is 28.8 Å². The van der Waals surface area contributed by atoms with Gasteiger partial charge in [0.15, 0.2) is 11.5 Å². The second-order valence-corrected chi connectivity index (χ2v) is 7.05. The number of carbonyl (C=O) groups excluding carboxylic acids is 3. The van der Waals surface area contributed by atoms with Crippen LogP contribution in [-0.2, 0) is 14.9 Å². The van der Waals surface area contributed by atoms with Gasteiger partial charge in [-0.3, -0.25) is 24.5 Å². The van der Waals surface area contributed by atoms with E-state index in [1.165, 1.54) is 24.3 Å². The van der Waals surface area contributed by atoms with Gasteiger partial charge in [-0.15, -0.1) is 0 Å². The highest BCUT2D eigenvalue weighted by Gasteiger charge is 2.62. The Bertz CT molecular complexity index is 1400. The summed E-state index contributed by atoms with van der Waals surface area (Å²) in [5.74, 6) is -3.24. The van der Waals surface area contributed by atoms with Gasteiger partial charge in [0.05, 0.1) is 10.5 Å². The molecule has 2 aromatic rings. The van der Waals surface area contributed by atoms with Crippen LogP contribution in [0.4, 0.5) is 11.4 Å². The summed E-state index contributed by atoms with van der Waals surface area (Å²) in [5, 5.41) is 23.8. The molecule has 0 radical (unpaired) electrons. The molecule has 10 nitrogen and oxygen atoms in total. The minimum Gasteiger partial charge on any atom is -0.436 e. The van der Waals surface area contributed by atoms with Crippen LogP contribution < -0.4 is 11.1 Å². The number of hydrogen-bond acceptors (Lipinski definition) is 8. The van der Waals surface area contributed by atoms with Crippen molar-refractivity contribution in [1.82, 2.24) is 0 Å². The van der Waals surface area contributed by atoms with E-state index in [1.54, 1.807) is 18.2 Å². The van der Waals surface area contributed by atoms with Gasteiger partial charge in [-0.25, -0.2) is 0 Å². The van der Waals surface area contributed by atoms with Crippen LogP contribution in [0.25, 0.3) is 0 Å². The third kappa shape index (κ3) is 2.06. The van der Waals surface area contributed by atoms with Gasteiger partial charge in [-0.1, -0.05) is 24.3 Å². The fourth-order valence-electron chi connectivity index (χ4n) is 4.30. The van der Waals surface area contributed by atoms with Crippen molar-refractivity contribution in [2.24, 2.45) is 5.73 Å². The highest BCUT2D eigenvalue weighted by molar-refractivity contribution is 6.31. The Morgan fingerprint density at radius 3 is 2.42 bits per heavy atom. The van der Waals surface area contributed by atoms with Crippen molar-refractivity contribution < 1.29 is 24.0 Å². The molecule has 2 aromatic carbocycles. The minimum absolute atomic E-state index is 0.0254. The Morgan fingerprint density at radius 1 is 1.10 bits per heavy atom. The number of ether oxygens (including phenoxy) is 1. The number of nitriles is 1. The summed E-state index contributed by atoms with van der Waals surface area (Å²) >= 11 is 0. The molecule has 0 fully saturated rings. The summed E-state index contributed by atoms with van der Waals surface area (Å²) < 4.78 is 5.39. The highest BCUT2D eigenvalue weighted by Crippen LogP contribution is 2.54. The predicted octanol–water partition coefficient (Wildman–Crippen LogP) is 1.84. The van der Waals surface area contributed by atoms with Gasteiger partial charge < -0.3 is 15.8 Å². The van der Waals surface area contributed by atoms with Crippen LogP contribution in [0.3, 0.4) is 0 Å². The molecule has 0 bridgehead atoms. The summed E-state index contributed by atoms with van der Waals surface area (Å²) in [6.07, 6.45) is 0. The standard InChI is InChI=1S/C21H10N4O6/c22-8-13-19(23)31-18-15(16(26)10-3-1-2-4-11(10)17(18)27)21(13)12-7-9(25(29)30)5-6-14(12)24-20(21)28/h1-7H,23H2,(H,24,28). The first-order chi connectivity index (χ1) is 14.8. The summed E-state index contributed by atoms with van der Waals surface area (Å²) in [6, 6.07) is 11.3. The minimum atomic E-state index is -2.16. The fourth-order valence-corrected chi connectivity index (χ4v) is 4.30. The summed E-state index contributed by atoms with van der Waals surface area (Å²) in [6.45, 7) is 0. The van der Waals surface area contributed by atoms with Crippen molar-refractivity contribution in [2.45, 2.75) is 5.41 Å². The van der Waals surface area contributed by atoms with E-state index in [9.17, 15) is 29.8 Å². The number of nitro groups is 1.